The van der Waals surface area contributed by atoms with E-state index >= 15 is 0 Å². The van der Waals surface area contributed by atoms with Crippen LogP contribution in [0.3, 0.4) is 0 Å². The number of urea groups is 1. The van der Waals surface area contributed by atoms with Gasteiger partial charge in [-0.25, -0.2) is 4.79 Å². The molecule has 1 heterocycles. The molecule has 2 N–H and O–H groups in total. The number of hydrogen-bond acceptors (Lipinski definition) is 3. The van der Waals surface area contributed by atoms with Gasteiger partial charge >= 0.3 is 12.0 Å². The van der Waals surface area contributed by atoms with E-state index < -0.39 is 11.4 Å². The Morgan fingerprint density at radius 2 is 2.11 bits per heavy atom. The summed E-state index contributed by atoms with van der Waals surface area (Å²) in [7, 11) is 0. The van der Waals surface area contributed by atoms with Crippen LogP contribution in [0.4, 0.5) is 4.79 Å². The van der Waals surface area contributed by atoms with Gasteiger partial charge in [-0.05, 0) is 31.6 Å². The predicted octanol–water partition coefficient (Wildman–Crippen LogP) is 0.672. The van der Waals surface area contributed by atoms with Crippen LogP contribution >= 0.6 is 0 Å². The zero-order valence-corrected chi connectivity index (χ0v) is 10.9. The first-order chi connectivity index (χ1) is 9.11. The summed E-state index contributed by atoms with van der Waals surface area (Å²) in [6, 6.07) is -0.151. The molecule has 106 valence electrons. The molecule has 0 bridgehead atoms. The first kappa shape index (κ1) is 12.7. The number of nitrogens with one attached hydrogen (secondary N) is 1. The summed E-state index contributed by atoms with van der Waals surface area (Å²) < 4.78 is 5.66. The topological polar surface area (TPSA) is 78.9 Å². The third kappa shape index (κ3) is 2.68. The number of carbonyl (C=O) groups excluding carboxylic acids is 1. The monoisotopic (exact) mass is 268 g/mol. The van der Waals surface area contributed by atoms with Crippen molar-refractivity contribution in [3.05, 3.63) is 0 Å². The van der Waals surface area contributed by atoms with E-state index in [0.717, 1.165) is 0 Å². The summed E-state index contributed by atoms with van der Waals surface area (Å²) in [6.07, 6.45) is 3.89. The highest BCUT2D eigenvalue weighted by atomic mass is 16.5. The Morgan fingerprint density at radius 1 is 1.37 bits per heavy atom. The molecule has 0 spiro atoms. The second-order valence-electron chi connectivity index (χ2n) is 5.94. The van der Waals surface area contributed by atoms with Crippen molar-refractivity contribution < 1.29 is 19.4 Å². The number of nitrogens with zero attached hydrogens (tertiary/aromatic N) is 1. The van der Waals surface area contributed by atoms with Crippen molar-refractivity contribution in [3.8, 4) is 0 Å². The normalized spacial score (nSPS) is 28.8. The molecule has 6 heteroatoms. The number of hydrogen-bond donors (Lipinski definition) is 2. The van der Waals surface area contributed by atoms with Gasteiger partial charge in [0.25, 0.3) is 0 Å². The Hall–Kier alpha value is -1.30. The van der Waals surface area contributed by atoms with Gasteiger partial charge in [-0.3, -0.25) is 4.79 Å². The molecule has 0 aromatic carbocycles. The molecule has 0 aromatic heterocycles. The number of rotatable bonds is 4. The molecule has 2 amide bonds. The maximum absolute atomic E-state index is 12.1. The Labute approximate surface area is 112 Å². The van der Waals surface area contributed by atoms with Gasteiger partial charge in [0.15, 0.2) is 0 Å². The molecule has 2 aliphatic carbocycles. The van der Waals surface area contributed by atoms with Gasteiger partial charge < -0.3 is 20.1 Å². The summed E-state index contributed by atoms with van der Waals surface area (Å²) in [6.45, 7) is 2.05. The fourth-order valence-electron chi connectivity index (χ4n) is 2.59. The third-order valence-corrected chi connectivity index (χ3v) is 4.41. The molecule has 3 rings (SSSR count). The molecule has 1 unspecified atom stereocenters. The molecule has 3 fully saturated rings. The molecular weight excluding hydrogens is 248 g/mol. The van der Waals surface area contributed by atoms with Gasteiger partial charge in [-0.15, -0.1) is 0 Å². The molecule has 2 saturated carbocycles. The van der Waals surface area contributed by atoms with Crippen LogP contribution < -0.4 is 5.32 Å². The van der Waals surface area contributed by atoms with Crippen LogP contribution in [0.1, 0.15) is 25.7 Å². The molecular formula is C13H20N2O4. The van der Waals surface area contributed by atoms with E-state index in [-0.39, 0.29) is 18.7 Å². The van der Waals surface area contributed by atoms with Gasteiger partial charge in [-0.2, -0.15) is 0 Å². The van der Waals surface area contributed by atoms with Gasteiger partial charge in [-0.1, -0.05) is 0 Å². The Balaban J connectivity index is 1.48. The van der Waals surface area contributed by atoms with Crippen molar-refractivity contribution in [3.63, 3.8) is 0 Å². The van der Waals surface area contributed by atoms with Crippen molar-refractivity contribution >= 4 is 12.0 Å². The Morgan fingerprint density at radius 3 is 2.68 bits per heavy atom. The van der Waals surface area contributed by atoms with E-state index in [1.165, 1.54) is 12.8 Å². The maximum atomic E-state index is 12.1. The van der Waals surface area contributed by atoms with Crippen LogP contribution in [0.2, 0.25) is 0 Å². The number of carboxylic acids is 1. The van der Waals surface area contributed by atoms with Crippen LogP contribution in [-0.4, -0.2) is 54.4 Å². The quantitative estimate of drug-likeness (QED) is 0.785. The fourth-order valence-corrected chi connectivity index (χ4v) is 2.59. The summed E-state index contributed by atoms with van der Waals surface area (Å²) in [4.78, 5) is 24.8. The van der Waals surface area contributed by atoms with E-state index in [1.54, 1.807) is 4.90 Å². The first-order valence-electron chi connectivity index (χ1n) is 6.98. The lowest BCUT2D eigenvalue weighted by Gasteiger charge is -2.33. The zero-order valence-electron chi connectivity index (χ0n) is 10.9. The van der Waals surface area contributed by atoms with Crippen molar-refractivity contribution in [1.82, 2.24) is 10.2 Å². The lowest BCUT2D eigenvalue weighted by Crippen LogP contribution is -2.51. The number of carboxylic acid groups (broad SMARTS) is 1. The van der Waals surface area contributed by atoms with E-state index in [9.17, 15) is 9.59 Å². The minimum absolute atomic E-state index is 0.151. The second-order valence-corrected chi connectivity index (χ2v) is 5.94. The zero-order chi connectivity index (χ0) is 13.5. The summed E-state index contributed by atoms with van der Waals surface area (Å²) >= 11 is 0. The van der Waals surface area contributed by atoms with E-state index in [4.69, 9.17) is 9.84 Å². The average molecular weight is 268 g/mol. The predicted molar refractivity (Wildman–Crippen MR) is 66.7 cm³/mol. The van der Waals surface area contributed by atoms with Gasteiger partial charge in [0, 0.05) is 19.6 Å². The molecule has 19 heavy (non-hydrogen) atoms. The standard InChI is InChI=1S/C13H20N2O4/c16-11(17)13(3-4-13)8-14-12(18)15-5-6-19-10(7-15)9-1-2-9/h9-10H,1-8H2,(H,14,18)(H,16,17). The van der Waals surface area contributed by atoms with Gasteiger partial charge in [0.2, 0.25) is 0 Å². The minimum atomic E-state index is -0.800. The van der Waals surface area contributed by atoms with Gasteiger partial charge in [0.05, 0.1) is 18.1 Å². The SMILES string of the molecule is O=C(NCC1(C(=O)O)CC1)N1CCOC(C2CC2)C1. The highest BCUT2D eigenvalue weighted by molar-refractivity contribution is 5.80. The highest BCUT2D eigenvalue weighted by Gasteiger charge is 2.50. The molecule has 6 nitrogen and oxygen atoms in total. The fraction of sp³-hybridized carbons (Fsp3) is 0.846. The largest absolute Gasteiger partial charge is 0.481 e. The minimum Gasteiger partial charge on any atom is -0.481 e. The van der Waals surface area contributed by atoms with Crippen LogP contribution in [0, 0.1) is 11.3 Å². The summed E-state index contributed by atoms with van der Waals surface area (Å²) in [5.74, 6) is -0.185. The average Bonchev–Trinajstić information content (AvgIpc) is 3.30. The summed E-state index contributed by atoms with van der Waals surface area (Å²) in [5.41, 5.74) is -0.697. The van der Waals surface area contributed by atoms with E-state index in [2.05, 4.69) is 5.32 Å². The van der Waals surface area contributed by atoms with Crippen molar-refractivity contribution in [1.29, 1.82) is 0 Å². The van der Waals surface area contributed by atoms with Crippen LogP contribution in [0.5, 0.6) is 0 Å². The third-order valence-electron chi connectivity index (χ3n) is 4.41. The second kappa shape index (κ2) is 4.67. The smallest absolute Gasteiger partial charge is 0.317 e. The number of amides is 2. The summed E-state index contributed by atoms with van der Waals surface area (Å²) in [5, 5.41) is 11.8. The molecule has 0 radical (unpaired) electrons. The van der Waals surface area contributed by atoms with Gasteiger partial charge in [0.1, 0.15) is 0 Å². The number of ether oxygens (including phenoxy) is 1. The first-order valence-corrected chi connectivity index (χ1v) is 6.98. The van der Waals surface area contributed by atoms with E-state index in [0.29, 0.717) is 38.5 Å². The lowest BCUT2D eigenvalue weighted by atomic mass is 10.1. The Kier molecular flexibility index (Phi) is 3.12. The number of carbonyl (C=O) groups is 2. The van der Waals surface area contributed by atoms with Crippen LogP contribution in [0.25, 0.3) is 0 Å². The molecule has 3 aliphatic rings. The van der Waals surface area contributed by atoms with Crippen molar-refractivity contribution in [2.45, 2.75) is 31.8 Å². The van der Waals surface area contributed by atoms with E-state index in [1.807, 2.05) is 0 Å². The molecule has 1 saturated heterocycles. The highest BCUT2D eigenvalue weighted by Crippen LogP contribution is 2.45. The number of morpholine rings is 1. The maximum Gasteiger partial charge on any atom is 0.317 e. The van der Waals surface area contributed by atoms with Crippen molar-refractivity contribution in [2.24, 2.45) is 11.3 Å². The number of aliphatic carboxylic acids is 1. The Bertz CT molecular complexity index is 390. The molecule has 0 aromatic rings. The van der Waals surface area contributed by atoms with Crippen LogP contribution in [-0.2, 0) is 9.53 Å². The van der Waals surface area contributed by atoms with Crippen LogP contribution in [0.15, 0.2) is 0 Å². The molecule has 1 atom stereocenters. The lowest BCUT2D eigenvalue weighted by molar-refractivity contribution is -0.143. The van der Waals surface area contributed by atoms with Crippen molar-refractivity contribution in [2.75, 3.05) is 26.2 Å². The molecule has 1 aliphatic heterocycles.